The summed E-state index contributed by atoms with van der Waals surface area (Å²) in [6, 6.07) is 7.49. The number of rotatable bonds is 9. The number of benzene rings is 1. The minimum Gasteiger partial charge on any atom is -0.491 e. The van der Waals surface area contributed by atoms with E-state index < -0.39 is 0 Å². The van der Waals surface area contributed by atoms with Crippen molar-refractivity contribution in [1.82, 2.24) is 0 Å². The fourth-order valence-electron chi connectivity index (χ4n) is 1.65. The third-order valence-corrected chi connectivity index (χ3v) is 2.92. The van der Waals surface area contributed by atoms with E-state index >= 15 is 0 Å². The van der Waals surface area contributed by atoms with Crippen LogP contribution in [0.1, 0.15) is 32.3 Å². The third-order valence-electron chi connectivity index (χ3n) is 2.69. The van der Waals surface area contributed by atoms with Crippen molar-refractivity contribution < 1.29 is 9.47 Å². The molecule has 3 nitrogen and oxygen atoms in total. The van der Waals surface area contributed by atoms with Crippen molar-refractivity contribution in [3.63, 3.8) is 0 Å². The van der Waals surface area contributed by atoms with Gasteiger partial charge in [0.05, 0.1) is 6.61 Å². The van der Waals surface area contributed by atoms with Crippen LogP contribution in [0.25, 0.3) is 0 Å². The highest BCUT2D eigenvalue weighted by Gasteiger charge is 1.99. The molecule has 0 radical (unpaired) electrons. The van der Waals surface area contributed by atoms with E-state index in [0.717, 1.165) is 30.3 Å². The molecule has 0 aliphatic carbocycles. The minimum absolute atomic E-state index is 0.385. The van der Waals surface area contributed by atoms with Gasteiger partial charge in [-0.1, -0.05) is 38.2 Å². The summed E-state index contributed by atoms with van der Waals surface area (Å²) in [5, 5.41) is 0. The van der Waals surface area contributed by atoms with E-state index in [0.29, 0.717) is 18.2 Å². The summed E-state index contributed by atoms with van der Waals surface area (Å²) in [6.07, 6.45) is 2.31. The third kappa shape index (κ3) is 7.13. The smallest absolute Gasteiger partial charge is 0.120 e. The summed E-state index contributed by atoms with van der Waals surface area (Å²) in [5.41, 5.74) is 6.39. The topological polar surface area (TPSA) is 44.5 Å². The van der Waals surface area contributed by atoms with Gasteiger partial charge in [0.1, 0.15) is 17.3 Å². The second-order valence-corrected chi connectivity index (χ2v) is 5.33. The molecule has 0 heterocycles. The van der Waals surface area contributed by atoms with Crippen molar-refractivity contribution in [2.45, 2.75) is 26.7 Å². The Labute approximate surface area is 121 Å². The van der Waals surface area contributed by atoms with Crippen molar-refractivity contribution in [3.8, 4) is 5.75 Å². The highest BCUT2D eigenvalue weighted by Crippen LogP contribution is 2.13. The van der Waals surface area contributed by atoms with Crippen LogP contribution >= 0.6 is 12.2 Å². The van der Waals surface area contributed by atoms with E-state index in [1.807, 2.05) is 24.3 Å². The molecular formula is C15H23NO2S. The van der Waals surface area contributed by atoms with Gasteiger partial charge in [0.2, 0.25) is 0 Å². The number of hydrogen-bond acceptors (Lipinski definition) is 3. The molecule has 1 aromatic carbocycles. The van der Waals surface area contributed by atoms with Crippen molar-refractivity contribution in [2.24, 2.45) is 11.7 Å². The van der Waals surface area contributed by atoms with E-state index in [2.05, 4.69) is 13.8 Å². The Hall–Kier alpha value is -1.13. The summed E-state index contributed by atoms with van der Waals surface area (Å²) in [6.45, 7) is 6.39. The van der Waals surface area contributed by atoms with Gasteiger partial charge in [-0.2, -0.15) is 0 Å². The van der Waals surface area contributed by atoms with Crippen LogP contribution in [0.5, 0.6) is 5.75 Å². The van der Waals surface area contributed by atoms with Gasteiger partial charge < -0.3 is 15.2 Å². The quantitative estimate of drug-likeness (QED) is 0.558. The molecule has 0 saturated heterocycles. The lowest BCUT2D eigenvalue weighted by atomic mass is 10.1. The van der Waals surface area contributed by atoms with Crippen molar-refractivity contribution >= 4 is 17.2 Å². The van der Waals surface area contributed by atoms with Crippen molar-refractivity contribution in [1.29, 1.82) is 0 Å². The first-order valence-electron chi connectivity index (χ1n) is 6.70. The lowest BCUT2D eigenvalue weighted by Gasteiger charge is -2.09. The Morgan fingerprint density at radius 2 is 2.05 bits per heavy atom. The fourth-order valence-corrected chi connectivity index (χ4v) is 1.78. The maximum atomic E-state index is 5.58. The predicted molar refractivity (Wildman–Crippen MR) is 82.7 cm³/mol. The van der Waals surface area contributed by atoms with Crippen LogP contribution in [-0.4, -0.2) is 24.8 Å². The molecule has 19 heavy (non-hydrogen) atoms. The first-order chi connectivity index (χ1) is 9.09. The van der Waals surface area contributed by atoms with Crippen LogP contribution in [0, 0.1) is 5.92 Å². The molecule has 0 aromatic heterocycles. The van der Waals surface area contributed by atoms with E-state index in [-0.39, 0.29) is 0 Å². The summed E-state index contributed by atoms with van der Waals surface area (Å²) < 4.78 is 11.1. The average molecular weight is 281 g/mol. The zero-order valence-electron chi connectivity index (χ0n) is 11.7. The molecule has 106 valence electrons. The van der Waals surface area contributed by atoms with Gasteiger partial charge in [0, 0.05) is 12.2 Å². The summed E-state index contributed by atoms with van der Waals surface area (Å²) in [4.78, 5) is 0.385. The zero-order valence-corrected chi connectivity index (χ0v) is 12.5. The minimum atomic E-state index is 0.385. The predicted octanol–water partition coefficient (Wildman–Crippen LogP) is 3.15. The second kappa shape index (κ2) is 8.88. The summed E-state index contributed by atoms with van der Waals surface area (Å²) in [5.74, 6) is 1.51. The van der Waals surface area contributed by atoms with Crippen LogP contribution in [-0.2, 0) is 4.74 Å². The molecule has 1 rings (SSSR count). The average Bonchev–Trinajstić information content (AvgIpc) is 2.37. The van der Waals surface area contributed by atoms with Crippen LogP contribution in [0.2, 0.25) is 0 Å². The Bertz CT molecular complexity index is 393. The fraction of sp³-hybridized carbons (Fsp3) is 0.533. The molecule has 0 aliphatic heterocycles. The zero-order chi connectivity index (χ0) is 14.1. The Kier molecular flexibility index (Phi) is 7.45. The normalized spacial score (nSPS) is 10.7. The van der Waals surface area contributed by atoms with Gasteiger partial charge >= 0.3 is 0 Å². The summed E-state index contributed by atoms with van der Waals surface area (Å²) >= 11 is 4.92. The lowest BCUT2D eigenvalue weighted by Crippen LogP contribution is -2.11. The van der Waals surface area contributed by atoms with Gasteiger partial charge in [0.25, 0.3) is 0 Å². The molecular weight excluding hydrogens is 258 g/mol. The number of thiocarbonyl (C=S) groups is 1. The molecule has 0 bridgehead atoms. The van der Waals surface area contributed by atoms with E-state index in [1.165, 1.54) is 6.42 Å². The first-order valence-corrected chi connectivity index (χ1v) is 7.11. The molecule has 1 aromatic rings. The monoisotopic (exact) mass is 281 g/mol. The molecule has 0 atom stereocenters. The van der Waals surface area contributed by atoms with E-state index in [9.17, 15) is 0 Å². The summed E-state index contributed by atoms with van der Waals surface area (Å²) in [7, 11) is 0. The standard InChI is InChI=1S/C15H23NO2S/c1-12(2)5-4-8-17-9-10-18-14-7-3-6-13(11-14)15(16)19/h3,6-7,11-12H,4-5,8-10H2,1-2H3,(H2,16,19). The Morgan fingerprint density at radius 1 is 1.26 bits per heavy atom. The van der Waals surface area contributed by atoms with E-state index in [4.69, 9.17) is 27.4 Å². The largest absolute Gasteiger partial charge is 0.491 e. The van der Waals surface area contributed by atoms with Crippen molar-refractivity contribution in [3.05, 3.63) is 29.8 Å². The van der Waals surface area contributed by atoms with Gasteiger partial charge in [-0.25, -0.2) is 0 Å². The van der Waals surface area contributed by atoms with Gasteiger partial charge in [0.15, 0.2) is 0 Å². The van der Waals surface area contributed by atoms with Crippen LogP contribution in [0.3, 0.4) is 0 Å². The molecule has 0 amide bonds. The Morgan fingerprint density at radius 3 is 2.74 bits per heavy atom. The van der Waals surface area contributed by atoms with Crippen molar-refractivity contribution in [2.75, 3.05) is 19.8 Å². The lowest BCUT2D eigenvalue weighted by molar-refractivity contribution is 0.0957. The molecule has 0 spiro atoms. The number of ether oxygens (including phenoxy) is 2. The Balaban J connectivity index is 2.15. The number of hydrogen-bond donors (Lipinski definition) is 1. The highest BCUT2D eigenvalue weighted by atomic mass is 32.1. The molecule has 0 unspecified atom stereocenters. The van der Waals surface area contributed by atoms with E-state index in [1.54, 1.807) is 0 Å². The molecule has 0 fully saturated rings. The SMILES string of the molecule is CC(C)CCCOCCOc1cccc(C(N)=S)c1. The maximum absolute atomic E-state index is 5.58. The first kappa shape index (κ1) is 15.9. The van der Waals surface area contributed by atoms with Gasteiger partial charge in [-0.05, 0) is 30.9 Å². The molecule has 0 saturated carbocycles. The van der Waals surface area contributed by atoms with Gasteiger partial charge in [-0.15, -0.1) is 0 Å². The van der Waals surface area contributed by atoms with Crippen LogP contribution in [0.15, 0.2) is 24.3 Å². The maximum Gasteiger partial charge on any atom is 0.120 e. The molecule has 2 N–H and O–H groups in total. The molecule has 0 aliphatic rings. The van der Waals surface area contributed by atoms with Gasteiger partial charge in [-0.3, -0.25) is 0 Å². The van der Waals surface area contributed by atoms with Crippen LogP contribution in [0.4, 0.5) is 0 Å². The van der Waals surface area contributed by atoms with Crippen LogP contribution < -0.4 is 10.5 Å². The highest BCUT2D eigenvalue weighted by molar-refractivity contribution is 7.80. The molecule has 4 heteroatoms. The second-order valence-electron chi connectivity index (χ2n) is 4.89. The number of nitrogens with two attached hydrogens (primary N) is 1.